The van der Waals surface area contributed by atoms with E-state index >= 15 is 0 Å². The maximum atomic E-state index is 8.00. The van der Waals surface area contributed by atoms with Crippen molar-refractivity contribution in [3.8, 4) is 0 Å². The second-order valence-corrected chi connectivity index (χ2v) is 8.67. The molecule has 0 spiro atoms. The summed E-state index contributed by atoms with van der Waals surface area (Å²) in [7, 11) is 0. The molecule has 0 amide bonds. The molecule has 0 atom stereocenters. The molecule has 0 radical (unpaired) electrons. The second kappa shape index (κ2) is 28.1. The van der Waals surface area contributed by atoms with Crippen LogP contribution in [0.3, 0.4) is 0 Å². The molecule has 0 bridgehead atoms. The highest BCUT2D eigenvalue weighted by molar-refractivity contribution is 5.82. The number of carbonyl (C=O) groups is 1. The summed E-state index contributed by atoms with van der Waals surface area (Å²) in [5, 5.41) is 2.64. The molecular formula is C35H59NO. The Kier molecular flexibility index (Phi) is 29.6. The number of nitrogens with zero attached hydrogens (tertiary/aromatic N) is 1. The zero-order valence-corrected chi connectivity index (χ0v) is 26.3. The van der Waals surface area contributed by atoms with Crippen molar-refractivity contribution in [3.63, 3.8) is 0 Å². The molecule has 1 aromatic heterocycles. The molecule has 0 fully saturated rings. The van der Waals surface area contributed by atoms with Crippen molar-refractivity contribution >= 4 is 17.6 Å². The molecule has 0 aliphatic carbocycles. The Labute approximate surface area is 231 Å². The van der Waals surface area contributed by atoms with Gasteiger partial charge < -0.3 is 4.79 Å². The van der Waals surface area contributed by atoms with Crippen LogP contribution in [0.15, 0.2) is 54.7 Å². The molecule has 210 valence electrons. The summed E-state index contributed by atoms with van der Waals surface area (Å²) in [5.74, 6) is 0.963. The number of benzene rings is 2. The average Bonchev–Trinajstić information content (AvgIpc) is 2.94. The SMILES string of the molecule is C=O.CC.CC.CCCC(C)CCC.CCCc1c(CC)ccnc1C.Cc1ccc2ccccc2c1. The number of hydrogen-bond acceptors (Lipinski definition) is 2. The van der Waals surface area contributed by atoms with Crippen molar-refractivity contribution in [2.45, 2.75) is 121 Å². The van der Waals surface area contributed by atoms with Crippen LogP contribution in [-0.4, -0.2) is 11.8 Å². The zero-order valence-electron chi connectivity index (χ0n) is 26.3. The first kappa shape index (κ1) is 39.0. The molecule has 2 heteroatoms. The Bertz CT molecular complexity index is 881. The standard InChI is InChI=1S/C11H17N.C11H10.C8H18.2C2H6.CH2O/c1-4-6-11-9(3)12-8-7-10(11)5-2;1-9-6-7-10-4-2-3-5-11(10)8-9;1-4-6-8(3)7-5-2;3*1-2/h7-8H,4-6H2,1-3H3;2-8H,1H3;8H,4-7H2,1-3H3;2*1-2H3;1H2. The highest BCUT2D eigenvalue weighted by atomic mass is 16.1. The summed E-state index contributed by atoms with van der Waals surface area (Å²) in [6.07, 6.45) is 10.9. The van der Waals surface area contributed by atoms with E-state index in [-0.39, 0.29) is 0 Å². The van der Waals surface area contributed by atoms with Gasteiger partial charge in [0.15, 0.2) is 0 Å². The summed E-state index contributed by atoms with van der Waals surface area (Å²) in [6.45, 7) is 25.5. The molecule has 2 nitrogen and oxygen atoms in total. The predicted octanol–water partition coefficient (Wildman–Crippen LogP) is 11.1. The minimum absolute atomic E-state index is 0.963. The molecule has 0 unspecified atom stereocenters. The molecule has 37 heavy (non-hydrogen) atoms. The number of rotatable bonds is 7. The van der Waals surface area contributed by atoms with Gasteiger partial charge in [0, 0.05) is 11.9 Å². The van der Waals surface area contributed by atoms with Crippen molar-refractivity contribution in [1.82, 2.24) is 4.98 Å². The van der Waals surface area contributed by atoms with E-state index in [0.29, 0.717) is 0 Å². The van der Waals surface area contributed by atoms with Crippen molar-refractivity contribution in [1.29, 1.82) is 0 Å². The van der Waals surface area contributed by atoms with Crippen LogP contribution >= 0.6 is 0 Å². The van der Waals surface area contributed by atoms with E-state index in [0.717, 1.165) is 12.3 Å². The minimum Gasteiger partial charge on any atom is -0.307 e. The van der Waals surface area contributed by atoms with Gasteiger partial charge in [0.1, 0.15) is 6.79 Å². The summed E-state index contributed by atoms with van der Waals surface area (Å²) < 4.78 is 0. The summed E-state index contributed by atoms with van der Waals surface area (Å²) >= 11 is 0. The molecule has 0 N–H and O–H groups in total. The van der Waals surface area contributed by atoms with Gasteiger partial charge in [-0.05, 0) is 60.6 Å². The Hall–Kier alpha value is -2.48. The Morgan fingerprint density at radius 1 is 0.757 bits per heavy atom. The van der Waals surface area contributed by atoms with Crippen LogP contribution < -0.4 is 0 Å². The average molecular weight is 510 g/mol. The molecule has 3 rings (SSSR count). The lowest BCUT2D eigenvalue weighted by Gasteiger charge is -2.08. The van der Waals surface area contributed by atoms with E-state index in [4.69, 9.17) is 4.79 Å². The highest BCUT2D eigenvalue weighted by Crippen LogP contribution is 2.15. The van der Waals surface area contributed by atoms with Crippen molar-refractivity contribution in [3.05, 3.63) is 77.1 Å². The molecule has 0 aliphatic heterocycles. The summed E-state index contributed by atoms with van der Waals surface area (Å²) in [5.41, 5.74) is 5.45. The Balaban J connectivity index is -0.000000431. The predicted molar refractivity (Wildman–Crippen MR) is 170 cm³/mol. The normalized spacial score (nSPS) is 9.08. The first-order chi connectivity index (χ1) is 18.0. The van der Waals surface area contributed by atoms with E-state index in [1.54, 1.807) is 0 Å². The number of carbonyl (C=O) groups excluding carboxylic acids is 1. The first-order valence-corrected chi connectivity index (χ1v) is 14.6. The van der Waals surface area contributed by atoms with Gasteiger partial charge in [0.05, 0.1) is 0 Å². The van der Waals surface area contributed by atoms with Gasteiger partial charge >= 0.3 is 0 Å². The zero-order chi connectivity index (χ0) is 29.1. The molecular weight excluding hydrogens is 450 g/mol. The van der Waals surface area contributed by atoms with Gasteiger partial charge in [-0.15, -0.1) is 0 Å². The van der Waals surface area contributed by atoms with Crippen molar-refractivity contribution in [2.24, 2.45) is 5.92 Å². The largest absolute Gasteiger partial charge is 0.307 e. The fraction of sp³-hybridized carbons (Fsp3) is 0.543. The van der Waals surface area contributed by atoms with E-state index in [1.807, 2.05) is 40.7 Å². The number of hydrogen-bond donors (Lipinski definition) is 0. The van der Waals surface area contributed by atoms with Gasteiger partial charge in [0.25, 0.3) is 0 Å². The van der Waals surface area contributed by atoms with Gasteiger partial charge in [-0.2, -0.15) is 0 Å². The van der Waals surface area contributed by atoms with Crippen molar-refractivity contribution in [2.75, 3.05) is 0 Å². The highest BCUT2D eigenvalue weighted by Gasteiger charge is 2.02. The lowest BCUT2D eigenvalue weighted by Crippen LogP contribution is -1.97. The third-order valence-electron chi connectivity index (χ3n) is 5.72. The summed E-state index contributed by atoms with van der Waals surface area (Å²) in [4.78, 5) is 12.3. The van der Waals surface area contributed by atoms with Crippen LogP contribution in [-0.2, 0) is 17.6 Å². The smallest absolute Gasteiger partial charge is 0.106 e. The van der Waals surface area contributed by atoms with Gasteiger partial charge in [0.2, 0.25) is 0 Å². The number of aromatic nitrogens is 1. The molecule has 1 heterocycles. The first-order valence-electron chi connectivity index (χ1n) is 14.6. The minimum atomic E-state index is 0.963. The van der Waals surface area contributed by atoms with Crippen LogP contribution in [0.2, 0.25) is 0 Å². The topological polar surface area (TPSA) is 30.0 Å². The van der Waals surface area contributed by atoms with Crippen LogP contribution in [0.1, 0.15) is 117 Å². The maximum absolute atomic E-state index is 8.00. The lowest BCUT2D eigenvalue weighted by molar-refractivity contribution is -0.0980. The fourth-order valence-corrected chi connectivity index (χ4v) is 4.01. The number of aryl methyl sites for hydroxylation is 3. The number of fused-ring (bicyclic) bond motifs is 1. The molecule has 2 aromatic carbocycles. The van der Waals surface area contributed by atoms with Gasteiger partial charge in [-0.1, -0.05) is 142 Å². The van der Waals surface area contributed by atoms with Gasteiger partial charge in [-0.25, -0.2) is 0 Å². The third-order valence-corrected chi connectivity index (χ3v) is 5.72. The fourth-order valence-electron chi connectivity index (χ4n) is 4.01. The quantitative estimate of drug-likeness (QED) is 0.317. The Morgan fingerprint density at radius 2 is 1.30 bits per heavy atom. The van der Waals surface area contributed by atoms with Gasteiger partial charge in [-0.3, -0.25) is 4.98 Å². The van der Waals surface area contributed by atoms with E-state index in [1.165, 1.54) is 71.7 Å². The second-order valence-electron chi connectivity index (χ2n) is 8.67. The third kappa shape index (κ3) is 18.4. The summed E-state index contributed by atoms with van der Waals surface area (Å²) in [6, 6.07) is 17.1. The van der Waals surface area contributed by atoms with E-state index in [9.17, 15) is 0 Å². The molecule has 0 saturated heterocycles. The van der Waals surface area contributed by atoms with Crippen LogP contribution in [0, 0.1) is 19.8 Å². The van der Waals surface area contributed by atoms with E-state index in [2.05, 4.69) is 102 Å². The number of pyridine rings is 1. The van der Waals surface area contributed by atoms with Crippen LogP contribution in [0.4, 0.5) is 0 Å². The van der Waals surface area contributed by atoms with Crippen molar-refractivity contribution < 1.29 is 4.79 Å². The molecule has 0 saturated carbocycles. The lowest BCUT2D eigenvalue weighted by atomic mass is 10.0. The molecule has 0 aliphatic rings. The van der Waals surface area contributed by atoms with Crippen LogP contribution in [0.5, 0.6) is 0 Å². The monoisotopic (exact) mass is 509 g/mol. The Morgan fingerprint density at radius 3 is 1.78 bits per heavy atom. The molecule has 3 aromatic rings. The van der Waals surface area contributed by atoms with E-state index < -0.39 is 0 Å². The maximum Gasteiger partial charge on any atom is 0.106 e. The van der Waals surface area contributed by atoms with Crippen LogP contribution in [0.25, 0.3) is 10.8 Å².